The van der Waals surface area contributed by atoms with Crippen LogP contribution in [0.1, 0.15) is 104 Å². The van der Waals surface area contributed by atoms with Gasteiger partial charge in [0, 0.05) is 38.8 Å². The Balaban J connectivity index is 1.05. The van der Waals surface area contributed by atoms with Crippen molar-refractivity contribution in [3.63, 3.8) is 0 Å². The van der Waals surface area contributed by atoms with Crippen molar-refractivity contribution in [3.8, 4) is 33.8 Å². The Morgan fingerprint density at radius 3 is 1.21 bits per heavy atom. The Labute approximate surface area is 306 Å². The van der Waals surface area contributed by atoms with Crippen molar-refractivity contribution < 1.29 is 28.0 Å². The van der Waals surface area contributed by atoms with E-state index in [0.717, 1.165) is 36.8 Å². The molecule has 53 heavy (non-hydrogen) atoms. The first-order valence-corrected chi connectivity index (χ1v) is 18.1. The van der Waals surface area contributed by atoms with Gasteiger partial charge in [0.05, 0.1) is 11.1 Å². The first-order valence-electron chi connectivity index (χ1n) is 18.1. The number of furan rings is 2. The van der Waals surface area contributed by atoms with Gasteiger partial charge in [0.1, 0.15) is 23.0 Å². The van der Waals surface area contributed by atoms with Gasteiger partial charge in [0.2, 0.25) is 0 Å². The second kappa shape index (κ2) is 12.4. The van der Waals surface area contributed by atoms with E-state index in [4.69, 9.17) is 8.83 Å². The lowest BCUT2D eigenvalue weighted by Crippen LogP contribution is -2.25. The number of allylic oxidation sites excluding steroid dienone is 2. The van der Waals surface area contributed by atoms with E-state index in [2.05, 4.69) is 50.2 Å². The third-order valence-corrected chi connectivity index (χ3v) is 10.9. The molecule has 0 amide bonds. The van der Waals surface area contributed by atoms with Crippen molar-refractivity contribution in [2.24, 2.45) is 0 Å². The molecular formula is C47H34O6. The van der Waals surface area contributed by atoms with Crippen LogP contribution in [0.25, 0.3) is 45.9 Å². The van der Waals surface area contributed by atoms with Crippen LogP contribution in [0, 0.1) is 0 Å². The fraction of sp³-hybridized carbons (Fsp3) is 0.149. The van der Waals surface area contributed by atoms with Crippen LogP contribution in [0.15, 0.2) is 129 Å². The van der Waals surface area contributed by atoms with Crippen molar-refractivity contribution in [3.05, 3.63) is 165 Å². The van der Waals surface area contributed by atoms with Crippen molar-refractivity contribution in [1.82, 2.24) is 0 Å². The molecule has 0 spiro atoms. The van der Waals surface area contributed by atoms with Gasteiger partial charge >= 0.3 is 0 Å². The van der Waals surface area contributed by atoms with Gasteiger partial charge in [-0.3, -0.25) is 19.2 Å². The van der Waals surface area contributed by atoms with E-state index < -0.39 is 0 Å². The van der Waals surface area contributed by atoms with Crippen LogP contribution in [0.5, 0.6) is 0 Å². The summed E-state index contributed by atoms with van der Waals surface area (Å²) >= 11 is 0. The van der Waals surface area contributed by atoms with Gasteiger partial charge in [0.25, 0.3) is 0 Å². The van der Waals surface area contributed by atoms with Gasteiger partial charge in [-0.15, -0.1) is 0 Å². The Kier molecular flexibility index (Phi) is 7.59. The molecule has 0 bridgehead atoms. The minimum atomic E-state index is -0.282. The van der Waals surface area contributed by atoms with E-state index in [9.17, 15) is 19.2 Å². The van der Waals surface area contributed by atoms with Crippen molar-refractivity contribution in [2.45, 2.75) is 44.9 Å². The molecule has 9 rings (SSSR count). The highest BCUT2D eigenvalue weighted by Gasteiger charge is 2.42. The summed E-state index contributed by atoms with van der Waals surface area (Å²) < 4.78 is 12.5. The summed E-state index contributed by atoms with van der Waals surface area (Å²) in [4.78, 5) is 52.0. The molecule has 0 fully saturated rings. The minimum absolute atomic E-state index is 0.114. The molecule has 258 valence electrons. The smallest absolute Gasteiger partial charge is 0.197 e. The van der Waals surface area contributed by atoms with Gasteiger partial charge in [-0.25, -0.2) is 0 Å². The molecule has 0 unspecified atom stereocenters. The zero-order chi connectivity index (χ0) is 36.4. The number of hydrogen-bond donors (Lipinski definition) is 0. The third-order valence-electron chi connectivity index (χ3n) is 10.9. The first kappa shape index (κ1) is 32.5. The summed E-state index contributed by atoms with van der Waals surface area (Å²) in [6, 6.07) is 34.1. The second-order valence-corrected chi connectivity index (χ2v) is 14.0. The Bertz CT molecular complexity index is 2370. The highest BCUT2D eigenvalue weighted by molar-refractivity contribution is 6.42. The molecule has 3 aliphatic rings. The van der Waals surface area contributed by atoms with Gasteiger partial charge in [-0.05, 0) is 83.6 Å². The van der Waals surface area contributed by atoms with Crippen LogP contribution in [0.4, 0.5) is 0 Å². The third kappa shape index (κ3) is 5.01. The lowest BCUT2D eigenvalue weighted by Gasteiger charge is -2.32. The average Bonchev–Trinajstić information content (AvgIpc) is 4.00. The standard InChI is InChI=1S/C47H34O6/c1-3-21-47(22-4-2)39-23-27(41-19-15-29(52-41)25-37-43(48)33-9-5-6-10-34(33)44(37)49)13-17-31(39)32-18-14-28(24-40(32)47)42-20-16-30(53-42)26-38-45(50)35-11-7-8-12-36(35)46(38)51/h5-20,23-26H,3-4,21-22H2,1-2H3. The van der Waals surface area contributed by atoms with Crippen LogP contribution in [-0.2, 0) is 5.41 Å². The van der Waals surface area contributed by atoms with E-state index >= 15 is 0 Å². The molecule has 0 saturated heterocycles. The number of rotatable bonds is 8. The molecule has 0 aliphatic heterocycles. The summed E-state index contributed by atoms with van der Waals surface area (Å²) in [6.07, 6.45) is 6.98. The molecule has 0 saturated carbocycles. The molecule has 6 heteroatoms. The average molecular weight is 695 g/mol. The molecule has 0 atom stereocenters. The highest BCUT2D eigenvalue weighted by Crippen LogP contribution is 2.55. The maximum atomic E-state index is 13.0. The monoisotopic (exact) mass is 694 g/mol. The Morgan fingerprint density at radius 1 is 0.472 bits per heavy atom. The first-order chi connectivity index (χ1) is 25.8. The van der Waals surface area contributed by atoms with Crippen LogP contribution in [0.3, 0.4) is 0 Å². The van der Waals surface area contributed by atoms with E-state index in [1.165, 1.54) is 22.3 Å². The van der Waals surface area contributed by atoms with Gasteiger partial charge in [-0.2, -0.15) is 0 Å². The van der Waals surface area contributed by atoms with Gasteiger partial charge in [0.15, 0.2) is 23.1 Å². The molecule has 6 nitrogen and oxygen atoms in total. The van der Waals surface area contributed by atoms with E-state index in [1.54, 1.807) is 72.8 Å². The molecule has 6 aromatic rings. The summed E-state index contributed by atoms with van der Waals surface area (Å²) in [5.74, 6) is 1.09. The summed E-state index contributed by atoms with van der Waals surface area (Å²) in [5.41, 5.74) is 8.41. The maximum Gasteiger partial charge on any atom is 0.197 e. The van der Waals surface area contributed by atoms with Crippen LogP contribution in [-0.4, -0.2) is 23.1 Å². The van der Waals surface area contributed by atoms with Crippen molar-refractivity contribution in [1.29, 1.82) is 0 Å². The number of benzene rings is 4. The Morgan fingerprint density at radius 2 is 0.849 bits per heavy atom. The normalized spacial score (nSPS) is 15.1. The van der Waals surface area contributed by atoms with Crippen molar-refractivity contribution in [2.75, 3.05) is 0 Å². The van der Waals surface area contributed by atoms with E-state index in [1.807, 2.05) is 12.1 Å². The number of carbonyl (C=O) groups excluding carboxylic acids is 4. The number of hydrogen-bond acceptors (Lipinski definition) is 6. The zero-order valence-corrected chi connectivity index (χ0v) is 29.3. The Hall–Kier alpha value is -6.40. The largest absolute Gasteiger partial charge is 0.457 e. The van der Waals surface area contributed by atoms with Crippen LogP contribution >= 0.6 is 0 Å². The van der Waals surface area contributed by atoms with Crippen molar-refractivity contribution >= 4 is 35.3 Å². The summed E-state index contributed by atoms with van der Waals surface area (Å²) in [5, 5.41) is 0. The number of carbonyl (C=O) groups is 4. The molecule has 2 aromatic heterocycles. The van der Waals surface area contributed by atoms with E-state index in [-0.39, 0.29) is 39.7 Å². The molecule has 3 aliphatic carbocycles. The summed E-state index contributed by atoms with van der Waals surface area (Å²) in [7, 11) is 0. The lowest BCUT2D eigenvalue weighted by atomic mass is 9.71. The molecule has 4 aromatic carbocycles. The quantitative estimate of drug-likeness (QED) is 0.116. The van der Waals surface area contributed by atoms with Crippen LogP contribution < -0.4 is 0 Å². The maximum absolute atomic E-state index is 13.0. The number of ketones is 4. The SMILES string of the molecule is CCCC1(CCC)c2cc(-c3ccc(C=C4C(=O)c5ccccc5C4=O)o3)ccc2-c2ccc(-c3ccc(C=C4C(=O)c5ccccc5C4=O)o3)cc21. The minimum Gasteiger partial charge on any atom is -0.457 e. The predicted octanol–water partition coefficient (Wildman–Crippen LogP) is 11.0. The van der Waals surface area contributed by atoms with Gasteiger partial charge < -0.3 is 8.83 Å². The highest BCUT2D eigenvalue weighted by atomic mass is 16.3. The van der Waals surface area contributed by atoms with E-state index in [0.29, 0.717) is 45.3 Å². The molecular weight excluding hydrogens is 661 g/mol. The predicted molar refractivity (Wildman–Crippen MR) is 204 cm³/mol. The fourth-order valence-electron chi connectivity index (χ4n) is 8.58. The summed E-state index contributed by atoms with van der Waals surface area (Å²) in [6.45, 7) is 4.43. The zero-order valence-electron chi connectivity index (χ0n) is 29.3. The fourth-order valence-corrected chi connectivity index (χ4v) is 8.58. The number of Topliss-reactive ketones (excluding diaryl/α,β-unsaturated/α-hetero) is 4. The lowest BCUT2D eigenvalue weighted by molar-refractivity contribution is 0.0974. The second-order valence-electron chi connectivity index (χ2n) is 14.0. The molecule has 0 N–H and O–H groups in total. The molecule has 0 radical (unpaired) electrons. The van der Waals surface area contributed by atoms with Gasteiger partial charge in [-0.1, -0.05) is 99.5 Å². The topological polar surface area (TPSA) is 94.6 Å². The number of fused-ring (bicyclic) bond motifs is 5. The molecule has 2 heterocycles. The van der Waals surface area contributed by atoms with Crippen LogP contribution in [0.2, 0.25) is 0 Å².